The number of nitrogens with zero attached hydrogens (tertiary/aromatic N) is 1. The lowest BCUT2D eigenvalue weighted by Crippen LogP contribution is -2.52. The first-order valence-electron chi connectivity index (χ1n) is 7.67. The lowest BCUT2D eigenvalue weighted by molar-refractivity contribution is -0.137. The van der Waals surface area contributed by atoms with E-state index in [0.29, 0.717) is 24.0 Å². The summed E-state index contributed by atoms with van der Waals surface area (Å²) in [4.78, 5) is 25.2. The van der Waals surface area contributed by atoms with Gasteiger partial charge in [0.2, 0.25) is 11.8 Å². The van der Waals surface area contributed by atoms with Gasteiger partial charge in [0.15, 0.2) is 0 Å². The predicted octanol–water partition coefficient (Wildman–Crippen LogP) is 1.34. The van der Waals surface area contributed by atoms with Crippen molar-refractivity contribution in [1.82, 2.24) is 15.5 Å². The third-order valence-corrected chi connectivity index (χ3v) is 4.44. The van der Waals surface area contributed by atoms with Crippen LogP contribution in [0.25, 0.3) is 0 Å². The molecule has 1 aromatic rings. The minimum atomic E-state index is -0.0870. The minimum absolute atomic E-state index is 0.0190. The van der Waals surface area contributed by atoms with E-state index in [2.05, 4.69) is 10.6 Å². The molecule has 1 saturated heterocycles. The molecule has 0 aromatic heterocycles. The maximum Gasteiger partial charge on any atom is 0.239 e. The fraction of sp³-hybridized carbons (Fsp3) is 0.500. The second-order valence-electron chi connectivity index (χ2n) is 5.91. The molecule has 1 heterocycles. The van der Waals surface area contributed by atoms with E-state index in [1.54, 1.807) is 4.90 Å². The zero-order valence-electron chi connectivity index (χ0n) is 12.3. The Morgan fingerprint density at radius 1 is 1.36 bits per heavy atom. The molecular formula is C16H20ClN3O2. The Labute approximate surface area is 135 Å². The van der Waals surface area contributed by atoms with Crippen LogP contribution in [-0.4, -0.2) is 42.9 Å². The van der Waals surface area contributed by atoms with E-state index in [1.807, 2.05) is 24.3 Å². The number of carbonyl (C=O) groups excluding carboxylic acids is 2. The van der Waals surface area contributed by atoms with Crippen molar-refractivity contribution in [2.75, 3.05) is 26.2 Å². The number of hydrogen-bond donors (Lipinski definition) is 2. The molecule has 1 unspecified atom stereocenters. The molecule has 3 rings (SSSR count). The number of hydrogen-bond acceptors (Lipinski definition) is 3. The minimum Gasteiger partial charge on any atom is -0.353 e. The number of carbonyl (C=O) groups is 2. The highest BCUT2D eigenvalue weighted by Crippen LogP contribution is 2.41. The van der Waals surface area contributed by atoms with Gasteiger partial charge in [-0.3, -0.25) is 9.59 Å². The van der Waals surface area contributed by atoms with Gasteiger partial charge in [-0.05, 0) is 36.5 Å². The Bertz CT molecular complexity index is 557. The molecule has 5 nitrogen and oxygen atoms in total. The number of amides is 2. The van der Waals surface area contributed by atoms with Gasteiger partial charge in [-0.15, -0.1) is 0 Å². The Balaban J connectivity index is 1.59. The topological polar surface area (TPSA) is 61.4 Å². The average Bonchev–Trinajstić information content (AvgIpc) is 3.34. The van der Waals surface area contributed by atoms with Crippen LogP contribution in [0, 0.1) is 5.92 Å². The first-order chi connectivity index (χ1) is 10.6. The Kier molecular flexibility index (Phi) is 4.64. The summed E-state index contributed by atoms with van der Waals surface area (Å²) in [6.45, 7) is 1.54. The van der Waals surface area contributed by atoms with Crippen molar-refractivity contribution in [2.24, 2.45) is 5.92 Å². The summed E-state index contributed by atoms with van der Waals surface area (Å²) in [5, 5.41) is 6.81. The first-order valence-corrected chi connectivity index (χ1v) is 8.04. The summed E-state index contributed by atoms with van der Waals surface area (Å²) in [6.07, 6.45) is 2.36. The molecule has 0 bridgehead atoms. The van der Waals surface area contributed by atoms with Gasteiger partial charge in [0.1, 0.15) is 0 Å². The fourth-order valence-corrected chi connectivity index (χ4v) is 2.94. The lowest BCUT2D eigenvalue weighted by atomic mass is 10.0. The SMILES string of the molecule is O=C1CN(C(=O)CNC(c2ccc(Cl)cc2)C2CC2)CCN1. The van der Waals surface area contributed by atoms with Crippen molar-refractivity contribution in [3.8, 4) is 0 Å². The van der Waals surface area contributed by atoms with Gasteiger partial charge in [0, 0.05) is 24.2 Å². The fourth-order valence-electron chi connectivity index (χ4n) is 2.82. The van der Waals surface area contributed by atoms with E-state index in [1.165, 1.54) is 12.8 Å². The summed E-state index contributed by atoms with van der Waals surface area (Å²) in [6, 6.07) is 7.96. The van der Waals surface area contributed by atoms with Crippen molar-refractivity contribution in [3.05, 3.63) is 34.9 Å². The van der Waals surface area contributed by atoms with Crippen LogP contribution in [0.2, 0.25) is 5.02 Å². The monoisotopic (exact) mass is 321 g/mol. The molecular weight excluding hydrogens is 302 g/mol. The first kappa shape index (κ1) is 15.3. The summed E-state index contributed by atoms with van der Waals surface area (Å²) in [5.74, 6) is 0.476. The number of nitrogens with one attached hydrogen (secondary N) is 2. The smallest absolute Gasteiger partial charge is 0.239 e. The number of rotatable bonds is 5. The van der Waals surface area contributed by atoms with Crippen LogP contribution in [-0.2, 0) is 9.59 Å². The molecule has 0 radical (unpaired) electrons. The van der Waals surface area contributed by atoms with E-state index in [-0.39, 0.29) is 30.9 Å². The highest BCUT2D eigenvalue weighted by Gasteiger charge is 2.33. The van der Waals surface area contributed by atoms with Crippen LogP contribution in [0.3, 0.4) is 0 Å². The number of piperazine rings is 1. The molecule has 2 amide bonds. The molecule has 1 aliphatic heterocycles. The number of halogens is 1. The van der Waals surface area contributed by atoms with Gasteiger partial charge < -0.3 is 15.5 Å². The van der Waals surface area contributed by atoms with E-state index < -0.39 is 0 Å². The highest BCUT2D eigenvalue weighted by molar-refractivity contribution is 6.30. The van der Waals surface area contributed by atoms with E-state index >= 15 is 0 Å². The molecule has 1 atom stereocenters. The zero-order valence-corrected chi connectivity index (χ0v) is 13.1. The molecule has 2 aliphatic rings. The van der Waals surface area contributed by atoms with Gasteiger partial charge in [-0.1, -0.05) is 23.7 Å². The van der Waals surface area contributed by atoms with Gasteiger partial charge in [-0.25, -0.2) is 0 Å². The second kappa shape index (κ2) is 6.67. The van der Waals surface area contributed by atoms with E-state index in [9.17, 15) is 9.59 Å². The van der Waals surface area contributed by atoms with Crippen LogP contribution in [0.5, 0.6) is 0 Å². The summed E-state index contributed by atoms with van der Waals surface area (Å²) in [7, 11) is 0. The van der Waals surface area contributed by atoms with Crippen molar-refractivity contribution in [1.29, 1.82) is 0 Å². The molecule has 6 heteroatoms. The van der Waals surface area contributed by atoms with Crippen LogP contribution >= 0.6 is 11.6 Å². The third-order valence-electron chi connectivity index (χ3n) is 4.19. The third kappa shape index (κ3) is 3.78. The Morgan fingerprint density at radius 2 is 2.09 bits per heavy atom. The highest BCUT2D eigenvalue weighted by atomic mass is 35.5. The quantitative estimate of drug-likeness (QED) is 0.860. The van der Waals surface area contributed by atoms with Crippen LogP contribution in [0.15, 0.2) is 24.3 Å². The van der Waals surface area contributed by atoms with E-state index in [4.69, 9.17) is 11.6 Å². The molecule has 22 heavy (non-hydrogen) atoms. The van der Waals surface area contributed by atoms with Gasteiger partial charge in [-0.2, -0.15) is 0 Å². The molecule has 1 aliphatic carbocycles. The second-order valence-corrected chi connectivity index (χ2v) is 6.35. The van der Waals surface area contributed by atoms with Crippen molar-refractivity contribution >= 4 is 23.4 Å². The molecule has 1 aromatic carbocycles. The van der Waals surface area contributed by atoms with Gasteiger partial charge >= 0.3 is 0 Å². The Hall–Kier alpha value is -1.59. The predicted molar refractivity (Wildman–Crippen MR) is 84.5 cm³/mol. The Morgan fingerprint density at radius 3 is 2.73 bits per heavy atom. The molecule has 2 N–H and O–H groups in total. The summed E-state index contributed by atoms with van der Waals surface area (Å²) in [5.41, 5.74) is 1.16. The number of benzene rings is 1. The van der Waals surface area contributed by atoms with Crippen molar-refractivity contribution < 1.29 is 9.59 Å². The van der Waals surface area contributed by atoms with Crippen molar-refractivity contribution in [3.63, 3.8) is 0 Å². The normalized spacial score (nSPS) is 19.7. The standard InChI is InChI=1S/C16H20ClN3O2/c17-13-5-3-12(4-6-13)16(11-1-2-11)19-9-15(22)20-8-7-18-14(21)10-20/h3-6,11,16,19H,1-2,7-10H2,(H,18,21). The lowest BCUT2D eigenvalue weighted by Gasteiger charge is -2.28. The summed E-state index contributed by atoms with van der Waals surface area (Å²) >= 11 is 5.94. The molecule has 0 spiro atoms. The zero-order chi connectivity index (χ0) is 15.5. The van der Waals surface area contributed by atoms with Crippen LogP contribution in [0.4, 0.5) is 0 Å². The average molecular weight is 322 g/mol. The molecule has 2 fully saturated rings. The van der Waals surface area contributed by atoms with Crippen LogP contribution in [0.1, 0.15) is 24.4 Å². The van der Waals surface area contributed by atoms with Gasteiger partial charge in [0.05, 0.1) is 13.1 Å². The summed E-state index contributed by atoms with van der Waals surface area (Å²) < 4.78 is 0. The van der Waals surface area contributed by atoms with Crippen LogP contribution < -0.4 is 10.6 Å². The molecule has 118 valence electrons. The molecule has 1 saturated carbocycles. The van der Waals surface area contributed by atoms with Crippen molar-refractivity contribution in [2.45, 2.75) is 18.9 Å². The maximum absolute atomic E-state index is 12.2. The van der Waals surface area contributed by atoms with E-state index in [0.717, 1.165) is 5.56 Å². The largest absolute Gasteiger partial charge is 0.353 e. The van der Waals surface area contributed by atoms with Gasteiger partial charge in [0.25, 0.3) is 0 Å². The maximum atomic E-state index is 12.2.